The van der Waals surface area contributed by atoms with E-state index >= 15 is 0 Å². The Morgan fingerprint density at radius 3 is 2.26 bits per heavy atom. The molecule has 3 rings (SSSR count). The van der Waals surface area contributed by atoms with E-state index in [4.69, 9.17) is 10.8 Å². The SMILES string of the molecule is NC(=O)c1cc(C(=O)NC(Cc2ccc(-c3ccccc3)cc2)C[C@@H](O)C(=O)O)[nH]n1. The van der Waals surface area contributed by atoms with E-state index in [0.29, 0.717) is 6.42 Å². The summed E-state index contributed by atoms with van der Waals surface area (Å²) in [6.07, 6.45) is -1.54. The summed E-state index contributed by atoms with van der Waals surface area (Å²) < 4.78 is 0. The molecule has 0 saturated carbocycles. The number of nitrogens with zero attached hydrogens (tertiary/aromatic N) is 1. The average Bonchev–Trinajstić information content (AvgIpc) is 3.25. The molecule has 0 aliphatic carbocycles. The van der Waals surface area contributed by atoms with Gasteiger partial charge in [0, 0.05) is 18.5 Å². The third-order valence-corrected chi connectivity index (χ3v) is 4.75. The molecule has 160 valence electrons. The first kappa shape index (κ1) is 21.7. The fourth-order valence-electron chi connectivity index (χ4n) is 3.14. The highest BCUT2D eigenvalue weighted by Gasteiger charge is 2.23. The molecule has 0 fully saturated rings. The second-order valence-electron chi connectivity index (χ2n) is 7.06. The zero-order valence-electron chi connectivity index (χ0n) is 16.5. The van der Waals surface area contributed by atoms with Gasteiger partial charge in [-0.2, -0.15) is 5.10 Å². The van der Waals surface area contributed by atoms with Crippen molar-refractivity contribution in [1.29, 1.82) is 0 Å². The van der Waals surface area contributed by atoms with E-state index in [1.165, 1.54) is 6.07 Å². The molecule has 3 aromatic rings. The predicted molar refractivity (Wildman–Crippen MR) is 112 cm³/mol. The molecule has 9 nitrogen and oxygen atoms in total. The van der Waals surface area contributed by atoms with Gasteiger partial charge in [-0.05, 0) is 23.1 Å². The summed E-state index contributed by atoms with van der Waals surface area (Å²) in [5.41, 5.74) is 7.97. The molecule has 2 amide bonds. The Bertz CT molecular complexity index is 1060. The number of carbonyl (C=O) groups excluding carboxylic acids is 2. The van der Waals surface area contributed by atoms with Gasteiger partial charge < -0.3 is 21.3 Å². The van der Waals surface area contributed by atoms with Gasteiger partial charge in [-0.1, -0.05) is 54.6 Å². The number of nitrogens with one attached hydrogen (secondary N) is 2. The number of hydrogen-bond donors (Lipinski definition) is 5. The maximum atomic E-state index is 12.5. The summed E-state index contributed by atoms with van der Waals surface area (Å²) in [5, 5.41) is 27.6. The minimum Gasteiger partial charge on any atom is -0.479 e. The Balaban J connectivity index is 1.74. The minimum absolute atomic E-state index is 0.00282. The van der Waals surface area contributed by atoms with Crippen molar-refractivity contribution < 1.29 is 24.6 Å². The number of aliphatic hydroxyl groups excluding tert-OH is 1. The summed E-state index contributed by atoms with van der Waals surface area (Å²) in [6.45, 7) is 0. The third kappa shape index (κ3) is 5.77. The van der Waals surface area contributed by atoms with Crippen LogP contribution >= 0.6 is 0 Å². The first-order valence-corrected chi connectivity index (χ1v) is 9.55. The third-order valence-electron chi connectivity index (χ3n) is 4.75. The molecule has 6 N–H and O–H groups in total. The molecule has 0 bridgehead atoms. The van der Waals surface area contributed by atoms with Crippen LogP contribution in [0.2, 0.25) is 0 Å². The highest BCUT2D eigenvalue weighted by Crippen LogP contribution is 2.20. The number of aromatic amines is 1. The number of hydrogen-bond acceptors (Lipinski definition) is 5. The molecule has 1 aromatic heterocycles. The topological polar surface area (TPSA) is 158 Å². The fraction of sp³-hybridized carbons (Fsp3) is 0.182. The van der Waals surface area contributed by atoms with Gasteiger partial charge in [-0.3, -0.25) is 14.7 Å². The van der Waals surface area contributed by atoms with Gasteiger partial charge in [-0.25, -0.2) is 4.79 Å². The van der Waals surface area contributed by atoms with Crippen LogP contribution in [0.3, 0.4) is 0 Å². The number of carboxylic acids is 1. The van der Waals surface area contributed by atoms with Crippen LogP contribution < -0.4 is 11.1 Å². The van der Waals surface area contributed by atoms with Crippen molar-refractivity contribution in [1.82, 2.24) is 15.5 Å². The van der Waals surface area contributed by atoms with Crippen molar-refractivity contribution in [2.24, 2.45) is 5.73 Å². The molecular formula is C22H22N4O5. The summed E-state index contributed by atoms with van der Waals surface area (Å²) >= 11 is 0. The van der Waals surface area contributed by atoms with Crippen LogP contribution in [0.25, 0.3) is 11.1 Å². The summed E-state index contributed by atoms with van der Waals surface area (Å²) in [5.74, 6) is -2.76. The van der Waals surface area contributed by atoms with Gasteiger partial charge in [-0.15, -0.1) is 0 Å². The highest BCUT2D eigenvalue weighted by atomic mass is 16.4. The number of aliphatic carboxylic acids is 1. The van der Waals surface area contributed by atoms with E-state index in [1.54, 1.807) is 0 Å². The lowest BCUT2D eigenvalue weighted by Gasteiger charge is -2.20. The highest BCUT2D eigenvalue weighted by molar-refractivity contribution is 5.97. The van der Waals surface area contributed by atoms with Gasteiger partial charge in [0.15, 0.2) is 11.8 Å². The van der Waals surface area contributed by atoms with E-state index in [9.17, 15) is 19.5 Å². The average molecular weight is 422 g/mol. The predicted octanol–water partition coefficient (Wildman–Crippen LogP) is 1.35. The quantitative estimate of drug-likeness (QED) is 0.350. The van der Waals surface area contributed by atoms with Gasteiger partial charge in [0.05, 0.1) is 0 Å². The number of nitrogens with two attached hydrogens (primary N) is 1. The Hall–Kier alpha value is -3.98. The van der Waals surface area contributed by atoms with Gasteiger partial charge in [0.2, 0.25) is 0 Å². The number of aromatic nitrogens is 2. The van der Waals surface area contributed by atoms with E-state index in [2.05, 4.69) is 15.5 Å². The maximum absolute atomic E-state index is 12.5. The number of aliphatic hydroxyl groups is 1. The largest absolute Gasteiger partial charge is 0.479 e. The second kappa shape index (κ2) is 9.68. The molecule has 31 heavy (non-hydrogen) atoms. The number of benzene rings is 2. The van der Waals surface area contributed by atoms with Crippen molar-refractivity contribution in [3.63, 3.8) is 0 Å². The molecule has 2 aromatic carbocycles. The number of amides is 2. The lowest BCUT2D eigenvalue weighted by Crippen LogP contribution is -2.40. The van der Waals surface area contributed by atoms with Crippen LogP contribution in [0.4, 0.5) is 0 Å². The molecule has 1 unspecified atom stereocenters. The number of primary amides is 1. The Kier molecular flexibility index (Phi) is 6.78. The molecule has 0 aliphatic rings. The van der Waals surface area contributed by atoms with Gasteiger partial charge >= 0.3 is 5.97 Å². The minimum atomic E-state index is -1.64. The van der Waals surface area contributed by atoms with Crippen LogP contribution in [0.15, 0.2) is 60.7 Å². The molecule has 0 aliphatic heterocycles. The van der Waals surface area contributed by atoms with Gasteiger partial charge in [0.1, 0.15) is 5.69 Å². The number of H-pyrrole nitrogens is 1. The first-order chi connectivity index (χ1) is 14.8. The van der Waals surface area contributed by atoms with Crippen molar-refractivity contribution in [2.45, 2.75) is 25.0 Å². The van der Waals surface area contributed by atoms with E-state index in [-0.39, 0.29) is 17.8 Å². The fourth-order valence-corrected chi connectivity index (χ4v) is 3.14. The lowest BCUT2D eigenvalue weighted by atomic mass is 9.97. The number of carbonyl (C=O) groups is 3. The molecule has 1 heterocycles. The molecule has 9 heteroatoms. The standard InChI is InChI=1S/C22H22N4O5/c23-20(28)17-12-18(26-25-17)21(29)24-16(11-19(27)22(30)31)10-13-6-8-15(9-7-13)14-4-2-1-3-5-14/h1-9,12,16,19,27H,10-11H2,(H2,23,28)(H,24,29)(H,25,26)(H,30,31)/t16?,19-/m1/s1. The number of rotatable bonds is 9. The second-order valence-corrected chi connectivity index (χ2v) is 7.06. The molecule has 2 atom stereocenters. The van der Waals surface area contributed by atoms with Crippen LogP contribution in [0.5, 0.6) is 0 Å². The Labute approximate surface area is 177 Å². The normalized spacial score (nSPS) is 12.7. The maximum Gasteiger partial charge on any atom is 0.332 e. The van der Waals surface area contributed by atoms with E-state index in [1.807, 2.05) is 54.6 Å². The van der Waals surface area contributed by atoms with E-state index in [0.717, 1.165) is 16.7 Å². The Morgan fingerprint density at radius 1 is 1.03 bits per heavy atom. The summed E-state index contributed by atoms with van der Waals surface area (Å²) in [7, 11) is 0. The lowest BCUT2D eigenvalue weighted by molar-refractivity contribution is -0.147. The van der Waals surface area contributed by atoms with Crippen molar-refractivity contribution >= 4 is 17.8 Å². The summed E-state index contributed by atoms with van der Waals surface area (Å²) in [4.78, 5) is 34.8. The molecular weight excluding hydrogens is 400 g/mol. The van der Waals surface area contributed by atoms with Crippen molar-refractivity contribution in [2.75, 3.05) is 0 Å². The van der Waals surface area contributed by atoms with Crippen molar-refractivity contribution in [3.8, 4) is 11.1 Å². The zero-order chi connectivity index (χ0) is 22.4. The molecule has 0 saturated heterocycles. The van der Waals surface area contributed by atoms with Gasteiger partial charge in [0.25, 0.3) is 11.8 Å². The Morgan fingerprint density at radius 2 is 1.68 bits per heavy atom. The molecule has 0 spiro atoms. The van der Waals surface area contributed by atoms with Crippen LogP contribution in [0, 0.1) is 0 Å². The monoisotopic (exact) mass is 422 g/mol. The van der Waals surface area contributed by atoms with Crippen LogP contribution in [0.1, 0.15) is 33.0 Å². The first-order valence-electron chi connectivity index (χ1n) is 9.55. The van der Waals surface area contributed by atoms with Crippen molar-refractivity contribution in [3.05, 3.63) is 77.6 Å². The molecule has 0 radical (unpaired) electrons. The van der Waals surface area contributed by atoms with Crippen LogP contribution in [-0.2, 0) is 11.2 Å². The zero-order valence-corrected chi connectivity index (χ0v) is 16.5. The number of carboxylic acid groups (broad SMARTS) is 1. The van der Waals surface area contributed by atoms with E-state index < -0.39 is 29.9 Å². The summed E-state index contributed by atoms with van der Waals surface area (Å²) in [6, 6.07) is 18.0. The van der Waals surface area contributed by atoms with Crippen LogP contribution in [-0.4, -0.2) is 50.3 Å². The smallest absolute Gasteiger partial charge is 0.332 e.